The second-order valence-electron chi connectivity index (χ2n) is 7.11. The lowest BCUT2D eigenvalue weighted by Gasteiger charge is -2.39. The zero-order valence-electron chi connectivity index (χ0n) is 15.2. The van der Waals surface area contributed by atoms with Crippen molar-refractivity contribution in [2.75, 3.05) is 36.8 Å². The first kappa shape index (κ1) is 18.0. The van der Waals surface area contributed by atoms with Crippen LogP contribution in [-0.2, 0) is 9.59 Å². The molecule has 1 atom stereocenters. The van der Waals surface area contributed by atoms with Gasteiger partial charge < -0.3 is 15.1 Å². The minimum atomic E-state index is -0.462. The fraction of sp³-hybridized carbons (Fsp3) is 0.647. The number of rotatable bonds is 2. The van der Waals surface area contributed by atoms with Gasteiger partial charge in [-0.15, -0.1) is 11.8 Å². The summed E-state index contributed by atoms with van der Waals surface area (Å²) in [6.45, 7) is 10.3. The van der Waals surface area contributed by atoms with Crippen LogP contribution in [0, 0.1) is 13.8 Å². The van der Waals surface area contributed by atoms with E-state index >= 15 is 0 Å². The fourth-order valence-corrected chi connectivity index (χ4v) is 4.06. The predicted octanol–water partition coefficient (Wildman–Crippen LogP) is 0.752. The van der Waals surface area contributed by atoms with Crippen LogP contribution < -0.4 is 10.2 Å². The van der Waals surface area contributed by atoms with Crippen LogP contribution in [-0.4, -0.2) is 69.4 Å². The Bertz CT molecular complexity index is 665. The number of nitrogens with one attached hydrogen (secondary N) is 1. The molecule has 2 fully saturated rings. The number of hydrogen-bond donors (Lipinski definition) is 1. The van der Waals surface area contributed by atoms with Crippen LogP contribution in [0.5, 0.6) is 0 Å². The number of carbonyl (C=O) groups excluding carboxylic acids is 2. The Morgan fingerprint density at radius 1 is 1.20 bits per heavy atom. The molecule has 1 aromatic heterocycles. The lowest BCUT2D eigenvalue weighted by molar-refractivity contribution is -0.136. The molecule has 3 rings (SSSR count). The smallest absolute Gasteiger partial charge is 0.246 e. The van der Waals surface area contributed by atoms with E-state index in [1.54, 1.807) is 0 Å². The minimum Gasteiger partial charge on any atom is -0.342 e. The maximum absolute atomic E-state index is 12.7. The molecule has 0 aromatic carbocycles. The molecule has 25 heavy (non-hydrogen) atoms. The summed E-state index contributed by atoms with van der Waals surface area (Å²) >= 11 is 1.54. The molecule has 8 heteroatoms. The van der Waals surface area contributed by atoms with E-state index in [4.69, 9.17) is 0 Å². The van der Waals surface area contributed by atoms with Crippen molar-refractivity contribution in [1.29, 1.82) is 0 Å². The van der Waals surface area contributed by atoms with Gasteiger partial charge >= 0.3 is 0 Å². The summed E-state index contributed by atoms with van der Waals surface area (Å²) in [5.74, 6) is 1.30. The maximum atomic E-state index is 12.7. The topological polar surface area (TPSA) is 78.4 Å². The zero-order chi connectivity index (χ0) is 18.2. The summed E-state index contributed by atoms with van der Waals surface area (Å²) in [7, 11) is 0. The van der Waals surface area contributed by atoms with Crippen molar-refractivity contribution in [3.63, 3.8) is 0 Å². The number of aryl methyl sites for hydroxylation is 2. The summed E-state index contributed by atoms with van der Waals surface area (Å²) in [5.41, 5.74) is 1.90. The number of amides is 2. The largest absolute Gasteiger partial charge is 0.342 e. The normalized spacial score (nSPS) is 23.4. The Labute approximate surface area is 152 Å². The predicted molar refractivity (Wildman–Crippen MR) is 98.8 cm³/mol. The Kier molecular flexibility index (Phi) is 4.90. The monoisotopic (exact) mass is 363 g/mol. The molecule has 136 valence electrons. The molecule has 2 aliphatic heterocycles. The number of carbonyl (C=O) groups is 2. The van der Waals surface area contributed by atoms with Crippen molar-refractivity contribution in [2.45, 2.75) is 38.5 Å². The number of anilines is 1. The Hall–Kier alpha value is -1.83. The van der Waals surface area contributed by atoms with Gasteiger partial charge in [0, 0.05) is 43.3 Å². The highest BCUT2D eigenvalue weighted by atomic mass is 32.2. The summed E-state index contributed by atoms with van der Waals surface area (Å²) < 4.78 is -0.462. The molecule has 0 aliphatic carbocycles. The molecule has 1 aromatic rings. The number of thioether (sulfide) groups is 1. The summed E-state index contributed by atoms with van der Waals surface area (Å²) in [4.78, 5) is 37.7. The van der Waals surface area contributed by atoms with Gasteiger partial charge in [-0.25, -0.2) is 9.97 Å². The third-order valence-electron chi connectivity index (χ3n) is 4.61. The van der Waals surface area contributed by atoms with Crippen LogP contribution in [0.4, 0.5) is 5.95 Å². The number of nitrogens with zero attached hydrogens (tertiary/aromatic N) is 4. The van der Waals surface area contributed by atoms with Crippen molar-refractivity contribution in [3.8, 4) is 0 Å². The third kappa shape index (κ3) is 3.89. The van der Waals surface area contributed by atoms with Gasteiger partial charge in [-0.1, -0.05) is 0 Å². The van der Waals surface area contributed by atoms with E-state index in [1.165, 1.54) is 11.8 Å². The van der Waals surface area contributed by atoms with Crippen molar-refractivity contribution in [1.82, 2.24) is 20.2 Å². The van der Waals surface area contributed by atoms with Crippen LogP contribution in [0.25, 0.3) is 0 Å². The van der Waals surface area contributed by atoms with E-state index in [0.717, 1.165) is 17.3 Å². The zero-order valence-corrected chi connectivity index (χ0v) is 16.0. The molecular formula is C17H25N5O2S. The first-order valence-corrected chi connectivity index (χ1v) is 9.56. The Morgan fingerprint density at radius 3 is 2.36 bits per heavy atom. The summed E-state index contributed by atoms with van der Waals surface area (Å²) in [5, 5.41) is 2.87. The minimum absolute atomic E-state index is 0.0114. The Morgan fingerprint density at radius 2 is 1.80 bits per heavy atom. The lowest BCUT2D eigenvalue weighted by atomic mass is 10.1. The molecule has 0 spiro atoms. The standard InChI is InChI=1S/C17H25N5O2S/c1-11-9-12(2)19-16(18-11)22-7-5-21(6-8-22)14(23)13-10-25-17(3,4)15(24)20-13/h9,13H,5-8,10H2,1-4H3,(H,20,24)/t13-/m1/s1. The van der Waals surface area contributed by atoms with Gasteiger partial charge in [0.05, 0.1) is 4.75 Å². The molecule has 1 N–H and O–H groups in total. The number of hydrogen-bond acceptors (Lipinski definition) is 6. The van der Waals surface area contributed by atoms with Gasteiger partial charge in [0.25, 0.3) is 0 Å². The average Bonchev–Trinajstić information content (AvgIpc) is 2.56. The van der Waals surface area contributed by atoms with Gasteiger partial charge in [-0.3, -0.25) is 9.59 Å². The van der Waals surface area contributed by atoms with Gasteiger partial charge in [-0.05, 0) is 33.8 Å². The van der Waals surface area contributed by atoms with E-state index in [1.807, 2.05) is 38.7 Å². The molecule has 7 nitrogen and oxygen atoms in total. The van der Waals surface area contributed by atoms with E-state index in [0.29, 0.717) is 31.9 Å². The van der Waals surface area contributed by atoms with Gasteiger partial charge in [0.15, 0.2) is 0 Å². The summed E-state index contributed by atoms with van der Waals surface area (Å²) in [6, 6.07) is 1.53. The van der Waals surface area contributed by atoms with Crippen LogP contribution in [0.15, 0.2) is 6.07 Å². The maximum Gasteiger partial charge on any atom is 0.246 e. The van der Waals surface area contributed by atoms with Crippen molar-refractivity contribution < 1.29 is 9.59 Å². The quantitative estimate of drug-likeness (QED) is 0.836. The first-order chi connectivity index (χ1) is 11.8. The molecule has 0 saturated carbocycles. The highest BCUT2D eigenvalue weighted by Gasteiger charge is 2.39. The molecule has 0 radical (unpaired) electrons. The summed E-state index contributed by atoms with van der Waals surface area (Å²) in [6.07, 6.45) is 0. The highest BCUT2D eigenvalue weighted by Crippen LogP contribution is 2.29. The van der Waals surface area contributed by atoms with E-state index in [2.05, 4.69) is 20.2 Å². The highest BCUT2D eigenvalue weighted by molar-refractivity contribution is 8.01. The van der Waals surface area contributed by atoms with Crippen LogP contribution in [0.3, 0.4) is 0 Å². The molecule has 2 amide bonds. The van der Waals surface area contributed by atoms with Crippen molar-refractivity contribution in [3.05, 3.63) is 17.5 Å². The number of aromatic nitrogens is 2. The first-order valence-electron chi connectivity index (χ1n) is 8.57. The van der Waals surface area contributed by atoms with E-state index in [9.17, 15) is 9.59 Å². The fourth-order valence-electron chi connectivity index (χ4n) is 3.06. The lowest BCUT2D eigenvalue weighted by Crippen LogP contribution is -2.60. The van der Waals surface area contributed by atoms with E-state index < -0.39 is 10.8 Å². The SMILES string of the molecule is Cc1cc(C)nc(N2CCN(C(=O)[C@H]3CSC(C)(C)C(=O)N3)CC2)n1. The average molecular weight is 363 g/mol. The van der Waals surface area contributed by atoms with Crippen LogP contribution in [0.1, 0.15) is 25.2 Å². The van der Waals surface area contributed by atoms with Crippen LogP contribution >= 0.6 is 11.8 Å². The van der Waals surface area contributed by atoms with Crippen molar-refractivity contribution in [2.24, 2.45) is 0 Å². The van der Waals surface area contributed by atoms with Gasteiger partial charge in [0.1, 0.15) is 6.04 Å². The second-order valence-corrected chi connectivity index (χ2v) is 8.75. The van der Waals surface area contributed by atoms with Gasteiger partial charge in [0.2, 0.25) is 17.8 Å². The number of piperazine rings is 1. The molecular weight excluding hydrogens is 338 g/mol. The molecule has 2 saturated heterocycles. The van der Waals surface area contributed by atoms with Gasteiger partial charge in [-0.2, -0.15) is 0 Å². The third-order valence-corrected chi connectivity index (χ3v) is 6.01. The van der Waals surface area contributed by atoms with Crippen molar-refractivity contribution >= 4 is 29.5 Å². The Balaban J connectivity index is 1.59. The molecule has 3 heterocycles. The molecule has 0 bridgehead atoms. The molecule has 0 unspecified atom stereocenters. The van der Waals surface area contributed by atoms with E-state index in [-0.39, 0.29) is 11.8 Å². The second kappa shape index (κ2) is 6.82. The molecule has 2 aliphatic rings. The van der Waals surface area contributed by atoms with Crippen LogP contribution in [0.2, 0.25) is 0 Å².